The lowest BCUT2D eigenvalue weighted by atomic mass is 9.98. The van der Waals surface area contributed by atoms with Crippen molar-refractivity contribution in [2.45, 2.75) is 29.7 Å². The number of imidazole rings is 1. The van der Waals surface area contributed by atoms with Crippen LogP contribution in [0, 0.1) is 24.2 Å². The van der Waals surface area contributed by atoms with Crippen LogP contribution >= 0.6 is 11.8 Å². The van der Waals surface area contributed by atoms with Gasteiger partial charge in [0.15, 0.2) is 11.6 Å². The standard InChI is InChI=1S/C21H25N5O5S2/c1-15-23-20(13-25(15)2)33(29,30)26-10-7-16(8-11-26)21(28)31-14-19(27)24-17-5-3-4-6-18(17)32-12-9-22/h3-6,13,16H,7-8,10-12,14H2,1-2H3,(H,24,27). The van der Waals surface area contributed by atoms with Gasteiger partial charge in [0.05, 0.1) is 23.4 Å². The molecule has 2 aromatic rings. The lowest BCUT2D eigenvalue weighted by Gasteiger charge is -2.29. The summed E-state index contributed by atoms with van der Waals surface area (Å²) in [5.74, 6) is -0.650. The van der Waals surface area contributed by atoms with Crippen LogP contribution in [0.3, 0.4) is 0 Å². The molecule has 1 fully saturated rings. The van der Waals surface area contributed by atoms with Gasteiger partial charge in [-0.3, -0.25) is 9.59 Å². The molecule has 1 saturated heterocycles. The molecule has 1 amide bonds. The van der Waals surface area contributed by atoms with Crippen molar-refractivity contribution in [3.8, 4) is 6.07 Å². The molecule has 0 aliphatic carbocycles. The van der Waals surface area contributed by atoms with Crippen molar-refractivity contribution < 1.29 is 22.7 Å². The third kappa shape index (κ3) is 6.13. The van der Waals surface area contributed by atoms with E-state index >= 15 is 0 Å². The normalized spacial score (nSPS) is 15.1. The Kier molecular flexibility index (Phi) is 8.12. The van der Waals surface area contributed by atoms with Crippen LogP contribution in [0.4, 0.5) is 5.69 Å². The smallest absolute Gasteiger partial charge is 0.309 e. The van der Waals surface area contributed by atoms with Crippen molar-refractivity contribution in [1.82, 2.24) is 13.9 Å². The maximum Gasteiger partial charge on any atom is 0.309 e. The number of piperidine rings is 1. The molecule has 1 aliphatic heterocycles. The number of carbonyl (C=O) groups is 2. The summed E-state index contributed by atoms with van der Waals surface area (Å²) < 4.78 is 33.7. The molecule has 10 nitrogen and oxygen atoms in total. The van der Waals surface area contributed by atoms with Gasteiger partial charge in [-0.25, -0.2) is 13.4 Å². The second kappa shape index (κ2) is 10.8. The number of aryl methyl sites for hydroxylation is 2. The number of hydrogen-bond acceptors (Lipinski definition) is 8. The van der Waals surface area contributed by atoms with Gasteiger partial charge >= 0.3 is 5.97 Å². The highest BCUT2D eigenvalue weighted by Crippen LogP contribution is 2.27. The highest BCUT2D eigenvalue weighted by atomic mass is 32.2. The molecule has 0 unspecified atom stereocenters. The third-order valence-corrected chi connectivity index (χ3v) is 7.99. The van der Waals surface area contributed by atoms with Crippen LogP contribution in [-0.4, -0.2) is 59.6 Å². The third-order valence-electron chi connectivity index (χ3n) is 5.28. The number of ether oxygens (including phenoxy) is 1. The summed E-state index contributed by atoms with van der Waals surface area (Å²) in [7, 11) is -2.00. The van der Waals surface area contributed by atoms with Gasteiger partial charge in [-0.1, -0.05) is 12.1 Å². The molecule has 1 aromatic heterocycles. The van der Waals surface area contributed by atoms with Gasteiger partial charge in [0.2, 0.25) is 0 Å². The topological polar surface area (TPSA) is 134 Å². The van der Waals surface area contributed by atoms with Crippen molar-refractivity contribution in [2.24, 2.45) is 13.0 Å². The number of hydrogen-bond donors (Lipinski definition) is 1. The van der Waals surface area contributed by atoms with Gasteiger partial charge in [-0.05, 0) is 31.9 Å². The van der Waals surface area contributed by atoms with Crippen molar-refractivity contribution in [2.75, 3.05) is 30.8 Å². The van der Waals surface area contributed by atoms with Gasteiger partial charge in [-0.15, -0.1) is 11.8 Å². The Labute approximate surface area is 197 Å². The minimum atomic E-state index is -3.72. The molecule has 2 heterocycles. The monoisotopic (exact) mass is 491 g/mol. The summed E-state index contributed by atoms with van der Waals surface area (Å²) in [6, 6.07) is 9.09. The molecular weight excluding hydrogens is 466 g/mol. The Morgan fingerprint density at radius 2 is 2.00 bits per heavy atom. The first-order chi connectivity index (χ1) is 15.7. The number of para-hydroxylation sites is 1. The molecule has 0 spiro atoms. The van der Waals surface area contributed by atoms with E-state index in [1.807, 2.05) is 6.07 Å². The lowest BCUT2D eigenvalue weighted by molar-refractivity contribution is -0.152. The van der Waals surface area contributed by atoms with Crippen LogP contribution in [0.5, 0.6) is 0 Å². The Morgan fingerprint density at radius 1 is 1.30 bits per heavy atom. The lowest BCUT2D eigenvalue weighted by Crippen LogP contribution is -2.41. The molecule has 0 bridgehead atoms. The molecule has 0 saturated carbocycles. The summed E-state index contributed by atoms with van der Waals surface area (Å²) in [6.07, 6.45) is 2.08. The van der Waals surface area contributed by atoms with Crippen molar-refractivity contribution >= 4 is 39.3 Å². The van der Waals surface area contributed by atoms with E-state index in [4.69, 9.17) is 10.00 Å². The largest absolute Gasteiger partial charge is 0.455 e. The van der Waals surface area contributed by atoms with Crippen LogP contribution in [0.1, 0.15) is 18.7 Å². The van der Waals surface area contributed by atoms with Crippen molar-refractivity contribution in [3.05, 3.63) is 36.3 Å². The fourth-order valence-corrected chi connectivity index (χ4v) is 5.53. The molecule has 1 aliphatic rings. The molecule has 0 radical (unpaired) electrons. The number of amides is 1. The number of sulfonamides is 1. The zero-order valence-electron chi connectivity index (χ0n) is 18.4. The number of benzene rings is 1. The first-order valence-corrected chi connectivity index (χ1v) is 12.7. The fourth-order valence-electron chi connectivity index (χ4n) is 3.36. The Morgan fingerprint density at radius 3 is 2.64 bits per heavy atom. The highest BCUT2D eigenvalue weighted by Gasteiger charge is 2.34. The number of carbonyl (C=O) groups excluding carboxylic acids is 2. The summed E-state index contributed by atoms with van der Waals surface area (Å²) in [6.45, 7) is 1.63. The summed E-state index contributed by atoms with van der Waals surface area (Å²) in [4.78, 5) is 29.5. The van der Waals surface area contributed by atoms with E-state index in [1.165, 1.54) is 22.3 Å². The van der Waals surface area contributed by atoms with Crippen LogP contribution in [0.2, 0.25) is 0 Å². The van der Waals surface area contributed by atoms with Gasteiger partial charge in [0.25, 0.3) is 15.9 Å². The van der Waals surface area contributed by atoms with E-state index in [-0.39, 0.29) is 23.9 Å². The molecule has 3 rings (SSSR count). The second-order valence-electron chi connectivity index (χ2n) is 7.51. The zero-order chi connectivity index (χ0) is 24.0. The number of thioether (sulfide) groups is 1. The number of rotatable bonds is 8. The van der Waals surface area contributed by atoms with Crippen LogP contribution in [-0.2, 0) is 31.4 Å². The first kappa shape index (κ1) is 24.8. The van der Waals surface area contributed by atoms with Crippen LogP contribution in [0.15, 0.2) is 40.4 Å². The summed E-state index contributed by atoms with van der Waals surface area (Å²) in [5.41, 5.74) is 0.544. The molecule has 0 atom stereocenters. The van der Waals surface area contributed by atoms with E-state index < -0.39 is 34.4 Å². The van der Waals surface area contributed by atoms with E-state index in [9.17, 15) is 18.0 Å². The number of anilines is 1. The number of aromatic nitrogens is 2. The van der Waals surface area contributed by atoms with Gasteiger partial charge < -0.3 is 14.6 Å². The van der Waals surface area contributed by atoms with Crippen molar-refractivity contribution in [1.29, 1.82) is 5.26 Å². The Balaban J connectivity index is 1.49. The average Bonchev–Trinajstić information content (AvgIpc) is 3.16. The number of nitrogens with zero attached hydrogens (tertiary/aromatic N) is 4. The number of nitrogens with one attached hydrogen (secondary N) is 1. The molecule has 33 heavy (non-hydrogen) atoms. The Bertz CT molecular complexity index is 1140. The number of nitriles is 1. The molecule has 1 N–H and O–H groups in total. The van der Waals surface area contributed by atoms with E-state index in [0.29, 0.717) is 24.4 Å². The number of esters is 1. The van der Waals surface area contributed by atoms with Crippen LogP contribution in [0.25, 0.3) is 0 Å². The summed E-state index contributed by atoms with van der Waals surface area (Å²) in [5, 5.41) is 11.4. The predicted molar refractivity (Wildman–Crippen MR) is 122 cm³/mol. The van der Waals surface area contributed by atoms with E-state index in [2.05, 4.69) is 10.3 Å². The van der Waals surface area contributed by atoms with Gasteiger partial charge in [0, 0.05) is 31.2 Å². The molecule has 176 valence electrons. The highest BCUT2D eigenvalue weighted by molar-refractivity contribution is 7.99. The molecule has 12 heteroatoms. The zero-order valence-corrected chi connectivity index (χ0v) is 20.0. The van der Waals surface area contributed by atoms with E-state index in [1.54, 1.807) is 42.8 Å². The van der Waals surface area contributed by atoms with Crippen LogP contribution < -0.4 is 5.32 Å². The predicted octanol–water partition coefficient (Wildman–Crippen LogP) is 1.93. The first-order valence-electron chi connectivity index (χ1n) is 10.3. The maximum absolute atomic E-state index is 12.8. The minimum Gasteiger partial charge on any atom is -0.455 e. The van der Waals surface area contributed by atoms with E-state index in [0.717, 1.165) is 4.90 Å². The quantitative estimate of drug-likeness (QED) is 0.437. The molecule has 1 aromatic carbocycles. The average molecular weight is 492 g/mol. The van der Waals surface area contributed by atoms with Gasteiger partial charge in [0.1, 0.15) is 5.82 Å². The van der Waals surface area contributed by atoms with Crippen molar-refractivity contribution in [3.63, 3.8) is 0 Å². The Hall–Kier alpha value is -2.88. The summed E-state index contributed by atoms with van der Waals surface area (Å²) >= 11 is 1.30. The SMILES string of the molecule is Cc1nc(S(=O)(=O)N2CCC(C(=O)OCC(=O)Nc3ccccc3SCC#N)CC2)cn1C. The van der Waals surface area contributed by atoms with Gasteiger partial charge in [-0.2, -0.15) is 9.57 Å². The maximum atomic E-state index is 12.8. The fraction of sp³-hybridized carbons (Fsp3) is 0.429. The minimum absolute atomic E-state index is 0.00610. The second-order valence-corrected chi connectivity index (χ2v) is 10.4. The molecular formula is C21H25N5O5S2.